The van der Waals surface area contributed by atoms with E-state index in [1.807, 2.05) is 0 Å². The Balaban J connectivity index is 2.48. The summed E-state index contributed by atoms with van der Waals surface area (Å²) < 4.78 is 18.2. The minimum atomic E-state index is -1.08. The van der Waals surface area contributed by atoms with E-state index < -0.39 is 11.8 Å². The van der Waals surface area contributed by atoms with Crippen LogP contribution < -0.4 is 4.74 Å². The smallest absolute Gasteiger partial charge is 0.339 e. The van der Waals surface area contributed by atoms with Crippen LogP contribution in [0.2, 0.25) is 0 Å². The van der Waals surface area contributed by atoms with Crippen LogP contribution in [0.5, 0.6) is 5.75 Å². The van der Waals surface area contributed by atoms with Crippen LogP contribution in [0, 0.1) is 12.7 Å². The van der Waals surface area contributed by atoms with Crippen molar-refractivity contribution in [2.75, 3.05) is 7.11 Å². The van der Waals surface area contributed by atoms with Crippen LogP contribution in [0.3, 0.4) is 0 Å². The Bertz CT molecular complexity index is 644. The molecule has 0 unspecified atom stereocenters. The summed E-state index contributed by atoms with van der Waals surface area (Å²) >= 11 is 0. The number of hydrogen-bond acceptors (Lipinski definition) is 4. The number of ether oxygens (including phenoxy) is 1. The number of benzene rings is 1. The minimum Gasteiger partial charge on any atom is -0.494 e. The number of hydrogen-bond donors (Lipinski definition) is 1. The van der Waals surface area contributed by atoms with Gasteiger partial charge in [0.05, 0.1) is 18.4 Å². The molecular formula is C13H11FN2O3. The van der Waals surface area contributed by atoms with Crippen molar-refractivity contribution in [2.45, 2.75) is 6.92 Å². The molecule has 1 N–H and O–H groups in total. The van der Waals surface area contributed by atoms with Gasteiger partial charge in [0.2, 0.25) is 0 Å². The van der Waals surface area contributed by atoms with Crippen molar-refractivity contribution >= 4 is 5.97 Å². The van der Waals surface area contributed by atoms with E-state index in [0.717, 1.165) is 0 Å². The van der Waals surface area contributed by atoms with Crippen molar-refractivity contribution in [3.8, 4) is 17.1 Å². The number of methoxy groups -OCH3 is 1. The maximum atomic E-state index is 13.3. The molecule has 0 spiro atoms. The highest BCUT2D eigenvalue weighted by atomic mass is 19.1. The number of aromatic carboxylic acids is 1. The Hall–Kier alpha value is -2.50. The molecule has 0 saturated carbocycles. The predicted octanol–water partition coefficient (Wildman–Crippen LogP) is 2.30. The van der Waals surface area contributed by atoms with E-state index in [2.05, 4.69) is 9.97 Å². The maximum Gasteiger partial charge on any atom is 0.339 e. The van der Waals surface area contributed by atoms with Crippen LogP contribution >= 0.6 is 0 Å². The SMILES string of the molecule is COc1cc(-c2ncc(C(=O)O)c(C)n2)ccc1F. The number of halogens is 1. The monoisotopic (exact) mass is 262 g/mol. The zero-order valence-corrected chi connectivity index (χ0v) is 10.3. The number of aryl methyl sites for hydroxylation is 1. The third kappa shape index (κ3) is 2.52. The van der Waals surface area contributed by atoms with Gasteiger partial charge in [0.15, 0.2) is 17.4 Å². The molecule has 0 amide bonds. The molecule has 5 nitrogen and oxygen atoms in total. The van der Waals surface area contributed by atoms with Gasteiger partial charge in [-0.05, 0) is 25.1 Å². The Labute approximate surface area is 108 Å². The summed E-state index contributed by atoms with van der Waals surface area (Å²) in [4.78, 5) is 18.9. The van der Waals surface area contributed by atoms with Gasteiger partial charge in [0.25, 0.3) is 0 Å². The largest absolute Gasteiger partial charge is 0.494 e. The normalized spacial score (nSPS) is 10.3. The van der Waals surface area contributed by atoms with E-state index in [0.29, 0.717) is 17.1 Å². The van der Waals surface area contributed by atoms with Gasteiger partial charge in [0.1, 0.15) is 0 Å². The molecule has 2 rings (SSSR count). The highest BCUT2D eigenvalue weighted by molar-refractivity contribution is 5.88. The lowest BCUT2D eigenvalue weighted by molar-refractivity contribution is 0.0695. The van der Waals surface area contributed by atoms with Gasteiger partial charge in [0, 0.05) is 11.8 Å². The lowest BCUT2D eigenvalue weighted by atomic mass is 10.1. The van der Waals surface area contributed by atoms with Crippen LogP contribution in [-0.2, 0) is 0 Å². The fourth-order valence-electron chi connectivity index (χ4n) is 1.61. The van der Waals surface area contributed by atoms with E-state index >= 15 is 0 Å². The summed E-state index contributed by atoms with van der Waals surface area (Å²) in [7, 11) is 1.36. The molecule has 1 aromatic carbocycles. The van der Waals surface area contributed by atoms with E-state index in [9.17, 15) is 9.18 Å². The lowest BCUT2D eigenvalue weighted by Crippen LogP contribution is -2.04. The summed E-state index contributed by atoms with van der Waals surface area (Å²) in [6.45, 7) is 1.58. The molecule has 0 radical (unpaired) electrons. The standard InChI is InChI=1S/C13H11FN2O3/c1-7-9(13(17)18)6-15-12(16-7)8-3-4-10(14)11(5-8)19-2/h3-6H,1-2H3,(H,17,18). The van der Waals surface area contributed by atoms with Crippen molar-refractivity contribution < 1.29 is 19.0 Å². The van der Waals surface area contributed by atoms with Gasteiger partial charge >= 0.3 is 5.97 Å². The van der Waals surface area contributed by atoms with Gasteiger partial charge in [-0.25, -0.2) is 19.2 Å². The topological polar surface area (TPSA) is 72.3 Å². The second-order valence-electron chi connectivity index (χ2n) is 3.85. The second-order valence-corrected chi connectivity index (χ2v) is 3.85. The number of nitrogens with zero attached hydrogens (tertiary/aromatic N) is 2. The van der Waals surface area contributed by atoms with Gasteiger partial charge in [-0.15, -0.1) is 0 Å². The molecule has 0 aliphatic heterocycles. The summed E-state index contributed by atoms with van der Waals surface area (Å²) in [6.07, 6.45) is 1.23. The average Bonchev–Trinajstić information content (AvgIpc) is 2.38. The average molecular weight is 262 g/mol. The fourth-order valence-corrected chi connectivity index (χ4v) is 1.61. The van der Waals surface area contributed by atoms with Gasteiger partial charge in [-0.1, -0.05) is 0 Å². The molecule has 1 aromatic heterocycles. The molecule has 1 heterocycles. The molecule has 0 aliphatic rings. The van der Waals surface area contributed by atoms with E-state index in [1.165, 1.54) is 31.5 Å². The highest BCUT2D eigenvalue weighted by Gasteiger charge is 2.12. The van der Waals surface area contributed by atoms with Gasteiger partial charge < -0.3 is 9.84 Å². The first kappa shape index (κ1) is 12.9. The van der Waals surface area contributed by atoms with Gasteiger partial charge in [-0.3, -0.25) is 0 Å². The molecule has 2 aromatic rings. The maximum absolute atomic E-state index is 13.3. The lowest BCUT2D eigenvalue weighted by Gasteiger charge is -2.06. The zero-order chi connectivity index (χ0) is 14.0. The Morgan fingerprint density at radius 2 is 2.16 bits per heavy atom. The first-order valence-electron chi connectivity index (χ1n) is 5.43. The third-order valence-electron chi connectivity index (χ3n) is 2.62. The second kappa shape index (κ2) is 5.01. The van der Waals surface area contributed by atoms with Crippen molar-refractivity contribution in [3.05, 3.63) is 41.5 Å². The molecule has 19 heavy (non-hydrogen) atoms. The third-order valence-corrected chi connectivity index (χ3v) is 2.62. The first-order valence-corrected chi connectivity index (χ1v) is 5.43. The number of carbonyl (C=O) groups is 1. The first-order chi connectivity index (χ1) is 9.02. The van der Waals surface area contributed by atoms with Crippen molar-refractivity contribution in [1.82, 2.24) is 9.97 Å². The number of carboxylic acids is 1. The van der Waals surface area contributed by atoms with Crippen LogP contribution in [0.1, 0.15) is 16.1 Å². The predicted molar refractivity (Wildman–Crippen MR) is 65.7 cm³/mol. The van der Waals surface area contributed by atoms with Crippen molar-refractivity contribution in [2.24, 2.45) is 0 Å². The molecule has 0 bridgehead atoms. The van der Waals surface area contributed by atoms with Crippen LogP contribution in [-0.4, -0.2) is 28.2 Å². The Morgan fingerprint density at radius 3 is 2.74 bits per heavy atom. The quantitative estimate of drug-likeness (QED) is 0.918. The molecule has 6 heteroatoms. The van der Waals surface area contributed by atoms with E-state index in [1.54, 1.807) is 6.92 Å². The molecule has 98 valence electrons. The molecular weight excluding hydrogens is 251 g/mol. The van der Waals surface area contributed by atoms with Crippen molar-refractivity contribution in [1.29, 1.82) is 0 Å². The summed E-state index contributed by atoms with van der Waals surface area (Å²) in [5, 5.41) is 8.90. The number of rotatable bonds is 3. The molecule has 0 aliphatic carbocycles. The van der Waals surface area contributed by atoms with E-state index in [-0.39, 0.29) is 11.3 Å². The van der Waals surface area contributed by atoms with Crippen LogP contribution in [0.25, 0.3) is 11.4 Å². The molecule has 0 saturated heterocycles. The number of aromatic nitrogens is 2. The minimum absolute atomic E-state index is 0.0397. The van der Waals surface area contributed by atoms with Crippen LogP contribution in [0.15, 0.2) is 24.4 Å². The van der Waals surface area contributed by atoms with Crippen molar-refractivity contribution in [3.63, 3.8) is 0 Å². The summed E-state index contributed by atoms with van der Waals surface area (Å²) in [6, 6.07) is 4.22. The van der Waals surface area contributed by atoms with Gasteiger partial charge in [-0.2, -0.15) is 0 Å². The zero-order valence-electron chi connectivity index (χ0n) is 10.3. The van der Waals surface area contributed by atoms with Crippen LogP contribution in [0.4, 0.5) is 4.39 Å². The van der Waals surface area contributed by atoms with E-state index in [4.69, 9.17) is 9.84 Å². The summed E-state index contributed by atoms with van der Waals surface area (Å²) in [5.74, 6) is -1.16. The Kier molecular flexibility index (Phi) is 3.41. The highest BCUT2D eigenvalue weighted by Crippen LogP contribution is 2.24. The number of carboxylic acid groups (broad SMARTS) is 1. The fraction of sp³-hybridized carbons (Fsp3) is 0.154. The molecule has 0 atom stereocenters. The molecule has 0 fully saturated rings. The Morgan fingerprint density at radius 1 is 1.42 bits per heavy atom. The summed E-state index contributed by atoms with van der Waals surface area (Å²) in [5.41, 5.74) is 0.942.